The molecule has 1 rings (SSSR count). The fourth-order valence-corrected chi connectivity index (χ4v) is 2.76. The van der Waals surface area contributed by atoms with Crippen molar-refractivity contribution in [2.24, 2.45) is 5.92 Å². The third kappa shape index (κ3) is 4.75. The summed E-state index contributed by atoms with van der Waals surface area (Å²) in [5.41, 5.74) is -0.630. The summed E-state index contributed by atoms with van der Waals surface area (Å²) in [6.07, 6.45) is 1.25. The van der Waals surface area contributed by atoms with E-state index in [-0.39, 0.29) is 5.97 Å². The van der Waals surface area contributed by atoms with Gasteiger partial charge in [0.05, 0.1) is 6.61 Å². The van der Waals surface area contributed by atoms with Gasteiger partial charge in [-0.25, -0.2) is 0 Å². The average molecular weight is 271 g/mol. The molecule has 1 heterocycles. The molecule has 19 heavy (non-hydrogen) atoms. The number of hydrogen-bond donors (Lipinski definition) is 1. The highest BCUT2D eigenvalue weighted by atomic mass is 16.5. The number of likely N-dealkylation sites (tertiary alicyclic amines) is 1. The SMILES string of the molecule is CCOC(=O)C(C)(CN(C)CC1CCN(C)C1)NC. The number of nitrogens with zero attached hydrogens (tertiary/aromatic N) is 2. The number of nitrogens with one attached hydrogen (secondary N) is 1. The van der Waals surface area contributed by atoms with E-state index in [0.717, 1.165) is 13.1 Å². The summed E-state index contributed by atoms with van der Waals surface area (Å²) in [7, 11) is 6.05. The van der Waals surface area contributed by atoms with Crippen molar-refractivity contribution in [2.45, 2.75) is 25.8 Å². The van der Waals surface area contributed by atoms with Crippen LogP contribution >= 0.6 is 0 Å². The average Bonchev–Trinajstić information content (AvgIpc) is 2.74. The van der Waals surface area contributed by atoms with Crippen molar-refractivity contribution in [1.82, 2.24) is 15.1 Å². The first-order valence-corrected chi connectivity index (χ1v) is 7.14. The summed E-state index contributed by atoms with van der Waals surface area (Å²) in [6.45, 7) is 8.20. The van der Waals surface area contributed by atoms with E-state index in [4.69, 9.17) is 4.74 Å². The largest absolute Gasteiger partial charge is 0.465 e. The van der Waals surface area contributed by atoms with E-state index < -0.39 is 5.54 Å². The maximum atomic E-state index is 12.0. The molecule has 1 fully saturated rings. The Bertz CT molecular complexity index is 298. The molecule has 0 aromatic carbocycles. The second kappa shape index (κ2) is 7.22. The molecule has 2 unspecified atom stereocenters. The van der Waals surface area contributed by atoms with Crippen LogP contribution in [0.15, 0.2) is 0 Å². The molecule has 0 radical (unpaired) electrons. The highest BCUT2D eigenvalue weighted by molar-refractivity contribution is 5.80. The third-order valence-electron chi connectivity index (χ3n) is 3.92. The molecule has 1 aliphatic rings. The first-order valence-electron chi connectivity index (χ1n) is 7.14. The Morgan fingerprint density at radius 1 is 1.58 bits per heavy atom. The lowest BCUT2D eigenvalue weighted by molar-refractivity contribution is -0.151. The fourth-order valence-electron chi connectivity index (χ4n) is 2.76. The van der Waals surface area contributed by atoms with Gasteiger partial charge in [-0.05, 0) is 53.9 Å². The van der Waals surface area contributed by atoms with Crippen LogP contribution in [0.3, 0.4) is 0 Å². The second-order valence-electron chi connectivity index (χ2n) is 5.92. The summed E-state index contributed by atoms with van der Waals surface area (Å²) in [6, 6.07) is 0. The topological polar surface area (TPSA) is 44.8 Å². The molecule has 112 valence electrons. The van der Waals surface area contributed by atoms with Crippen molar-refractivity contribution in [3.63, 3.8) is 0 Å². The molecule has 5 heteroatoms. The van der Waals surface area contributed by atoms with Gasteiger partial charge in [-0.15, -0.1) is 0 Å². The number of likely N-dealkylation sites (N-methyl/N-ethyl adjacent to an activating group) is 2. The van der Waals surface area contributed by atoms with Gasteiger partial charge in [0.15, 0.2) is 0 Å². The lowest BCUT2D eigenvalue weighted by Crippen LogP contribution is -2.56. The van der Waals surface area contributed by atoms with Gasteiger partial charge in [0.25, 0.3) is 0 Å². The molecule has 0 aliphatic carbocycles. The Morgan fingerprint density at radius 3 is 2.74 bits per heavy atom. The highest BCUT2D eigenvalue weighted by Crippen LogP contribution is 2.16. The molecule has 5 nitrogen and oxygen atoms in total. The molecule has 1 saturated heterocycles. The van der Waals surface area contributed by atoms with Crippen LogP contribution in [0, 0.1) is 5.92 Å². The highest BCUT2D eigenvalue weighted by Gasteiger charge is 2.35. The number of carbonyl (C=O) groups is 1. The van der Waals surface area contributed by atoms with Gasteiger partial charge in [0.2, 0.25) is 0 Å². The quantitative estimate of drug-likeness (QED) is 0.680. The normalized spacial score (nSPS) is 23.6. The minimum Gasteiger partial charge on any atom is -0.465 e. The molecule has 0 saturated carbocycles. The summed E-state index contributed by atoms with van der Waals surface area (Å²) in [4.78, 5) is 16.6. The van der Waals surface area contributed by atoms with Crippen LogP contribution < -0.4 is 5.32 Å². The summed E-state index contributed by atoms with van der Waals surface area (Å²) >= 11 is 0. The first-order chi connectivity index (χ1) is 8.91. The lowest BCUT2D eigenvalue weighted by Gasteiger charge is -2.32. The van der Waals surface area contributed by atoms with Crippen molar-refractivity contribution in [3.05, 3.63) is 0 Å². The summed E-state index contributed by atoms with van der Waals surface area (Å²) < 4.78 is 5.15. The van der Waals surface area contributed by atoms with E-state index >= 15 is 0 Å². The maximum absolute atomic E-state index is 12.0. The van der Waals surface area contributed by atoms with Crippen molar-refractivity contribution < 1.29 is 9.53 Å². The molecule has 0 spiro atoms. The Labute approximate surface area is 117 Å². The minimum atomic E-state index is -0.630. The number of hydrogen-bond acceptors (Lipinski definition) is 5. The Morgan fingerprint density at radius 2 is 2.26 bits per heavy atom. The monoisotopic (exact) mass is 271 g/mol. The van der Waals surface area contributed by atoms with Crippen molar-refractivity contribution in [1.29, 1.82) is 0 Å². The summed E-state index contributed by atoms with van der Waals surface area (Å²) in [5.74, 6) is 0.534. The zero-order valence-corrected chi connectivity index (χ0v) is 13.0. The van der Waals surface area contributed by atoms with Gasteiger partial charge in [-0.2, -0.15) is 0 Å². The van der Waals surface area contributed by atoms with E-state index in [9.17, 15) is 4.79 Å². The van der Waals surface area contributed by atoms with Gasteiger partial charge in [0.1, 0.15) is 5.54 Å². The Balaban J connectivity index is 2.47. The van der Waals surface area contributed by atoms with Gasteiger partial charge in [-0.3, -0.25) is 4.79 Å². The molecular weight excluding hydrogens is 242 g/mol. The maximum Gasteiger partial charge on any atom is 0.327 e. The van der Waals surface area contributed by atoms with E-state index in [0.29, 0.717) is 19.1 Å². The molecule has 0 aromatic rings. The molecule has 0 amide bonds. The predicted molar refractivity (Wildman–Crippen MR) is 77.2 cm³/mol. The van der Waals surface area contributed by atoms with Crippen molar-refractivity contribution in [2.75, 3.05) is 53.9 Å². The predicted octanol–water partition coefficient (Wildman–Crippen LogP) is 0.411. The number of esters is 1. The van der Waals surface area contributed by atoms with Gasteiger partial charge in [0, 0.05) is 19.6 Å². The number of carbonyl (C=O) groups excluding carboxylic acids is 1. The third-order valence-corrected chi connectivity index (χ3v) is 3.92. The van der Waals surface area contributed by atoms with Crippen LogP contribution in [-0.4, -0.2) is 75.2 Å². The Kier molecular flexibility index (Phi) is 6.23. The van der Waals surface area contributed by atoms with Crippen LogP contribution in [-0.2, 0) is 9.53 Å². The molecule has 1 aliphatic heterocycles. The van der Waals surface area contributed by atoms with Crippen molar-refractivity contribution >= 4 is 5.97 Å². The fraction of sp³-hybridized carbons (Fsp3) is 0.929. The second-order valence-corrected chi connectivity index (χ2v) is 5.92. The molecule has 1 N–H and O–H groups in total. The van der Waals surface area contributed by atoms with Crippen LogP contribution in [0.4, 0.5) is 0 Å². The van der Waals surface area contributed by atoms with Crippen LogP contribution in [0.1, 0.15) is 20.3 Å². The van der Waals surface area contributed by atoms with E-state index in [1.54, 1.807) is 0 Å². The lowest BCUT2D eigenvalue weighted by atomic mass is 10.0. The number of rotatable bonds is 7. The van der Waals surface area contributed by atoms with Gasteiger partial charge in [-0.1, -0.05) is 0 Å². The summed E-state index contributed by atoms with van der Waals surface area (Å²) in [5, 5.41) is 3.10. The smallest absolute Gasteiger partial charge is 0.327 e. The molecule has 0 bridgehead atoms. The molecular formula is C14H29N3O2. The van der Waals surface area contributed by atoms with Crippen molar-refractivity contribution in [3.8, 4) is 0 Å². The van der Waals surface area contributed by atoms with Gasteiger partial charge >= 0.3 is 5.97 Å². The van der Waals surface area contributed by atoms with Crippen LogP contribution in [0.2, 0.25) is 0 Å². The molecule has 2 atom stereocenters. The zero-order chi connectivity index (χ0) is 14.5. The van der Waals surface area contributed by atoms with Crippen LogP contribution in [0.25, 0.3) is 0 Å². The van der Waals surface area contributed by atoms with E-state index in [2.05, 4.69) is 29.2 Å². The van der Waals surface area contributed by atoms with Gasteiger partial charge < -0.3 is 19.9 Å². The minimum absolute atomic E-state index is 0.173. The van der Waals surface area contributed by atoms with Crippen LogP contribution in [0.5, 0.6) is 0 Å². The Hall–Kier alpha value is -0.650. The zero-order valence-electron chi connectivity index (χ0n) is 13.0. The van der Waals surface area contributed by atoms with E-state index in [1.165, 1.54) is 13.0 Å². The molecule has 0 aromatic heterocycles. The number of ether oxygens (including phenoxy) is 1. The van der Waals surface area contributed by atoms with E-state index in [1.807, 2.05) is 20.9 Å². The standard InChI is InChI=1S/C14H29N3O2/c1-6-19-13(18)14(2,15-3)11-17(5)10-12-7-8-16(4)9-12/h12,15H,6-11H2,1-5H3. The first kappa shape index (κ1) is 16.4.